The van der Waals surface area contributed by atoms with E-state index < -0.39 is 120 Å². The Kier molecular flexibility index (Phi) is 25.9. The van der Waals surface area contributed by atoms with Gasteiger partial charge in [0.05, 0.1) is 6.61 Å². The first-order valence-electron chi connectivity index (χ1n) is 22.1. The zero-order chi connectivity index (χ0) is 53.5. The van der Waals surface area contributed by atoms with Crippen LogP contribution in [-0.4, -0.2) is 154 Å². The summed E-state index contributed by atoms with van der Waals surface area (Å²) in [5.74, 6) is -9.82. The fraction of sp³-hybridized carbons (Fsp3) is 0.595. The Labute approximate surface area is 401 Å². The Balaban J connectivity index is 0.00000323. The van der Waals surface area contributed by atoms with Gasteiger partial charge in [-0.25, -0.2) is 4.79 Å². The molecule has 1 heterocycles. The number of hydrogen-bond acceptors (Lipinski definition) is 13. The standard InChI is InChI=1S/C40H65N13O10.C2HF3O2/c1-21(2)18-29(52-34(58)25(41)20-54)37(61)47-22(3)33(57)48-23(4)39(63)53-17-9-13-30(53)38(62)50-27(14-15-31(42)55)36(60)49-26(12-8-16-46-40(44)45)35(59)51-28(32(43)56)19-24-10-6-5-7-11-24;3-2(4,5)1(6)7/h5-7,10-11,21-23,25-30,54H,8-9,12-20,41H2,1-4H3,(H2,42,55)(H2,43,56)(H,47,61)(H,48,57)(H,49,60)(H,50,62)(H,51,59)(H,52,58)(H4,44,45,46);(H,6,7)/t22-,23-,25-,26-,27-,28-,29-,30-;/m0./s1. The Hall–Kier alpha value is -7.10. The number of aliphatic imine (C=N–C) groups is 1. The molecule has 0 aromatic heterocycles. The molecule has 0 aliphatic carbocycles. The summed E-state index contributed by atoms with van der Waals surface area (Å²) in [6.07, 6.45) is -4.69. The molecule has 0 unspecified atom stereocenters. The van der Waals surface area contributed by atoms with Gasteiger partial charge in [0.1, 0.15) is 48.3 Å². The smallest absolute Gasteiger partial charge is 0.475 e. The average Bonchev–Trinajstić information content (AvgIpc) is 3.77. The zero-order valence-corrected chi connectivity index (χ0v) is 39.3. The molecule has 0 spiro atoms. The van der Waals surface area contributed by atoms with E-state index in [2.05, 4.69) is 36.9 Å². The summed E-state index contributed by atoms with van der Waals surface area (Å²) in [7, 11) is 0. The second-order valence-electron chi connectivity index (χ2n) is 16.7. The lowest BCUT2D eigenvalue weighted by Crippen LogP contribution is -2.59. The van der Waals surface area contributed by atoms with Crippen LogP contribution in [0.4, 0.5) is 13.2 Å². The summed E-state index contributed by atoms with van der Waals surface area (Å²) in [5, 5.41) is 31.6. The van der Waals surface area contributed by atoms with E-state index in [1.54, 1.807) is 30.3 Å². The first kappa shape index (κ1) is 60.9. The lowest BCUT2D eigenvalue weighted by atomic mass is 10.0. The molecule has 1 aromatic rings. The van der Waals surface area contributed by atoms with E-state index in [-0.39, 0.29) is 69.9 Å². The van der Waals surface area contributed by atoms with Crippen LogP contribution in [0.25, 0.3) is 0 Å². The largest absolute Gasteiger partial charge is 0.490 e. The van der Waals surface area contributed by atoms with Crippen molar-refractivity contribution >= 4 is 65.1 Å². The molecule has 1 aromatic carbocycles. The van der Waals surface area contributed by atoms with E-state index in [0.717, 1.165) is 0 Å². The molecule has 70 heavy (non-hydrogen) atoms. The van der Waals surface area contributed by atoms with Gasteiger partial charge in [0.15, 0.2) is 5.96 Å². The number of benzene rings is 1. The topological polar surface area (TPSA) is 429 Å². The molecule has 2 rings (SSSR count). The third kappa shape index (κ3) is 22.3. The maximum absolute atomic E-state index is 13.8. The van der Waals surface area contributed by atoms with Crippen LogP contribution >= 0.6 is 0 Å². The molecular weight excluding hydrogens is 936 g/mol. The number of nitrogens with one attached hydrogen (secondary N) is 6. The molecule has 1 aliphatic heterocycles. The van der Waals surface area contributed by atoms with Crippen LogP contribution in [0.15, 0.2) is 35.3 Å². The zero-order valence-electron chi connectivity index (χ0n) is 39.3. The van der Waals surface area contributed by atoms with Crippen molar-refractivity contribution in [2.45, 2.75) is 134 Å². The number of alkyl halides is 3. The van der Waals surface area contributed by atoms with Gasteiger partial charge in [0.25, 0.3) is 0 Å². The molecule has 0 bridgehead atoms. The first-order chi connectivity index (χ1) is 32.6. The summed E-state index contributed by atoms with van der Waals surface area (Å²) in [5.41, 5.74) is 28.1. The van der Waals surface area contributed by atoms with E-state index in [4.69, 9.17) is 38.6 Å². The number of aliphatic carboxylic acids is 1. The minimum absolute atomic E-state index is 0.0209. The average molecular weight is 1000 g/mol. The van der Waals surface area contributed by atoms with E-state index >= 15 is 0 Å². The van der Waals surface area contributed by atoms with Crippen molar-refractivity contribution in [2.75, 3.05) is 19.7 Å². The minimum Gasteiger partial charge on any atom is -0.475 e. The number of nitrogens with two attached hydrogens (primary N) is 5. The monoisotopic (exact) mass is 1000 g/mol. The second-order valence-corrected chi connectivity index (χ2v) is 16.7. The molecule has 8 atom stereocenters. The molecule has 28 heteroatoms. The second kappa shape index (κ2) is 29.7. The number of primary amides is 2. The number of likely N-dealkylation sites (tertiary alicyclic amines) is 1. The predicted octanol–water partition coefficient (Wildman–Crippen LogP) is -4.03. The summed E-state index contributed by atoms with van der Waals surface area (Å²) in [4.78, 5) is 132. The van der Waals surface area contributed by atoms with E-state index in [0.29, 0.717) is 12.0 Å². The van der Waals surface area contributed by atoms with Crippen molar-refractivity contribution in [3.05, 3.63) is 35.9 Å². The number of amides is 9. The molecule has 9 amide bonds. The van der Waals surface area contributed by atoms with Gasteiger partial charge >= 0.3 is 12.1 Å². The number of guanidine groups is 1. The van der Waals surface area contributed by atoms with Crippen LogP contribution in [0.2, 0.25) is 0 Å². The molecule has 18 N–H and O–H groups in total. The van der Waals surface area contributed by atoms with Crippen LogP contribution in [0.1, 0.15) is 78.2 Å². The van der Waals surface area contributed by atoms with Crippen LogP contribution in [-0.2, 0) is 54.4 Å². The number of halogens is 3. The highest BCUT2D eigenvalue weighted by Crippen LogP contribution is 2.20. The molecule has 0 radical (unpaired) electrons. The minimum atomic E-state index is -5.08. The Morgan fingerprint density at radius 1 is 0.743 bits per heavy atom. The highest BCUT2D eigenvalue weighted by molar-refractivity contribution is 5.98. The quantitative estimate of drug-likeness (QED) is 0.0239. The summed E-state index contributed by atoms with van der Waals surface area (Å²) >= 11 is 0. The van der Waals surface area contributed by atoms with Gasteiger partial charge in [-0.15, -0.1) is 0 Å². The maximum Gasteiger partial charge on any atom is 0.490 e. The van der Waals surface area contributed by atoms with Gasteiger partial charge in [-0.3, -0.25) is 48.1 Å². The van der Waals surface area contributed by atoms with Crippen molar-refractivity contribution < 1.29 is 71.3 Å². The number of nitrogens with zero attached hydrogens (tertiary/aromatic N) is 2. The number of carbonyl (C=O) groups excluding carboxylic acids is 9. The number of carbonyl (C=O) groups is 10. The first-order valence-corrected chi connectivity index (χ1v) is 22.1. The predicted molar refractivity (Wildman–Crippen MR) is 244 cm³/mol. The molecule has 1 saturated heterocycles. The number of carboxylic acid groups (broad SMARTS) is 1. The van der Waals surface area contributed by atoms with E-state index in [1.165, 1.54) is 18.7 Å². The van der Waals surface area contributed by atoms with Crippen LogP contribution < -0.4 is 60.6 Å². The van der Waals surface area contributed by atoms with Crippen molar-refractivity contribution in [1.29, 1.82) is 0 Å². The fourth-order valence-corrected chi connectivity index (χ4v) is 6.61. The summed E-state index contributed by atoms with van der Waals surface area (Å²) in [6.45, 7) is 5.97. The summed E-state index contributed by atoms with van der Waals surface area (Å²) < 4.78 is 31.7. The molecule has 1 fully saturated rings. The Bertz CT molecular complexity index is 2010. The van der Waals surface area contributed by atoms with Crippen molar-refractivity contribution in [2.24, 2.45) is 39.6 Å². The lowest BCUT2D eigenvalue weighted by Gasteiger charge is -2.29. The van der Waals surface area contributed by atoms with Crippen molar-refractivity contribution in [3.63, 3.8) is 0 Å². The Morgan fingerprint density at radius 2 is 1.27 bits per heavy atom. The Morgan fingerprint density at radius 3 is 1.79 bits per heavy atom. The SMILES string of the molecule is CC(C)C[C@H](NC(=O)[C@@H](N)CO)C(=O)N[C@@H](C)C(=O)N[C@@H](C)C(=O)N1CCC[C@H]1C(=O)N[C@@H](CCC(N)=O)C(=O)N[C@@H](CCCN=C(N)N)C(=O)N[C@@H](Cc1ccccc1)C(N)=O.O=C(O)C(F)(F)F. The normalized spacial score (nSPS) is 16.2. The molecule has 0 saturated carbocycles. The van der Waals surface area contributed by atoms with Crippen LogP contribution in [0.3, 0.4) is 0 Å². The third-order valence-corrected chi connectivity index (χ3v) is 10.3. The van der Waals surface area contributed by atoms with Gasteiger partial charge in [0, 0.05) is 25.9 Å². The molecular formula is C42H66F3N13O12. The van der Waals surface area contributed by atoms with Gasteiger partial charge in [-0.1, -0.05) is 44.2 Å². The number of aliphatic hydroxyl groups excluding tert-OH is 1. The van der Waals surface area contributed by atoms with Gasteiger partial charge in [-0.05, 0) is 63.9 Å². The summed E-state index contributed by atoms with van der Waals surface area (Å²) in [6, 6.07) is -0.865. The third-order valence-electron chi connectivity index (χ3n) is 10.3. The number of carboxylic acids is 1. The van der Waals surface area contributed by atoms with E-state index in [1.807, 2.05) is 13.8 Å². The van der Waals surface area contributed by atoms with Crippen molar-refractivity contribution in [1.82, 2.24) is 36.8 Å². The van der Waals surface area contributed by atoms with Crippen molar-refractivity contribution in [3.8, 4) is 0 Å². The van der Waals surface area contributed by atoms with Gasteiger partial charge < -0.3 is 75.7 Å². The highest BCUT2D eigenvalue weighted by Gasteiger charge is 2.40. The lowest BCUT2D eigenvalue weighted by molar-refractivity contribution is -0.192. The van der Waals surface area contributed by atoms with Crippen LogP contribution in [0.5, 0.6) is 0 Å². The maximum atomic E-state index is 13.8. The number of hydrogen-bond donors (Lipinski definition) is 13. The van der Waals surface area contributed by atoms with E-state index in [9.17, 15) is 61.4 Å². The molecule has 1 aliphatic rings. The fourth-order valence-electron chi connectivity index (χ4n) is 6.61. The van der Waals surface area contributed by atoms with Crippen LogP contribution in [0, 0.1) is 5.92 Å². The van der Waals surface area contributed by atoms with Gasteiger partial charge in [-0.2, -0.15) is 13.2 Å². The molecule has 392 valence electrons. The van der Waals surface area contributed by atoms with Gasteiger partial charge in [0.2, 0.25) is 53.2 Å². The number of aliphatic hydroxyl groups is 1. The molecule has 25 nitrogen and oxygen atoms in total. The highest BCUT2D eigenvalue weighted by atomic mass is 19.4. The number of rotatable bonds is 26.